The van der Waals surface area contributed by atoms with Crippen molar-refractivity contribution in [3.63, 3.8) is 0 Å². The minimum atomic E-state index is -0.247. The van der Waals surface area contributed by atoms with Gasteiger partial charge in [-0.1, -0.05) is 41.2 Å². The molecule has 0 bridgehead atoms. The lowest BCUT2D eigenvalue weighted by atomic mass is 10.1. The summed E-state index contributed by atoms with van der Waals surface area (Å²) in [6.07, 6.45) is 1.06. The molecule has 0 radical (unpaired) electrons. The van der Waals surface area contributed by atoms with Crippen LogP contribution in [-0.4, -0.2) is 28.9 Å². The Bertz CT molecular complexity index is 1290. The number of rotatable bonds is 8. The summed E-state index contributed by atoms with van der Waals surface area (Å²) < 4.78 is 5.12. The van der Waals surface area contributed by atoms with Crippen LogP contribution in [0.1, 0.15) is 33.6 Å². The number of nitrogens with one attached hydrogen (secondary N) is 2. The number of ether oxygens (including phenoxy) is 1. The SMILES string of the molecule is COc1ccc(C(=O)Nc2nc(C)c(-c3csc(NC(=O)CCc4ccc(C)cc4)n3)s2)cc1. The molecule has 2 amide bonds. The van der Waals surface area contributed by atoms with E-state index in [-0.39, 0.29) is 11.8 Å². The fourth-order valence-corrected chi connectivity index (χ4v) is 4.94. The molecule has 0 aliphatic carbocycles. The number of thiazole rings is 2. The smallest absolute Gasteiger partial charge is 0.257 e. The molecule has 0 aliphatic heterocycles. The van der Waals surface area contributed by atoms with Crippen molar-refractivity contribution in [2.75, 3.05) is 17.7 Å². The van der Waals surface area contributed by atoms with Crippen molar-refractivity contribution in [3.05, 3.63) is 76.3 Å². The highest BCUT2D eigenvalue weighted by atomic mass is 32.1. The van der Waals surface area contributed by atoms with Gasteiger partial charge < -0.3 is 10.1 Å². The van der Waals surface area contributed by atoms with E-state index in [1.807, 2.05) is 43.5 Å². The molecule has 0 fully saturated rings. The van der Waals surface area contributed by atoms with Crippen LogP contribution in [0.4, 0.5) is 10.3 Å². The molecular weight excluding hydrogens is 468 g/mol. The minimum absolute atomic E-state index is 0.0741. The zero-order chi connectivity index (χ0) is 24.1. The van der Waals surface area contributed by atoms with Crippen LogP contribution >= 0.6 is 22.7 Å². The van der Waals surface area contributed by atoms with Crippen LogP contribution in [0.3, 0.4) is 0 Å². The van der Waals surface area contributed by atoms with Crippen molar-refractivity contribution in [1.29, 1.82) is 0 Å². The lowest BCUT2D eigenvalue weighted by Gasteiger charge is -2.03. The third-order valence-electron chi connectivity index (χ3n) is 5.11. The largest absolute Gasteiger partial charge is 0.497 e. The Kier molecular flexibility index (Phi) is 7.34. The van der Waals surface area contributed by atoms with Crippen molar-refractivity contribution in [2.24, 2.45) is 0 Å². The number of amides is 2. The number of benzene rings is 2. The van der Waals surface area contributed by atoms with E-state index in [1.165, 1.54) is 28.2 Å². The van der Waals surface area contributed by atoms with Crippen LogP contribution < -0.4 is 15.4 Å². The van der Waals surface area contributed by atoms with E-state index >= 15 is 0 Å². The Hall–Kier alpha value is -3.56. The van der Waals surface area contributed by atoms with Gasteiger partial charge in [-0.15, -0.1) is 11.3 Å². The van der Waals surface area contributed by atoms with Gasteiger partial charge in [-0.3, -0.25) is 14.9 Å². The fraction of sp³-hybridized carbons (Fsp3) is 0.200. The Morgan fingerprint density at radius 1 is 0.941 bits per heavy atom. The molecule has 34 heavy (non-hydrogen) atoms. The molecule has 9 heteroatoms. The average molecular weight is 493 g/mol. The van der Waals surface area contributed by atoms with Crippen molar-refractivity contribution in [1.82, 2.24) is 9.97 Å². The molecule has 0 saturated heterocycles. The van der Waals surface area contributed by atoms with Gasteiger partial charge in [0.05, 0.1) is 23.4 Å². The summed E-state index contributed by atoms with van der Waals surface area (Å²) in [6.45, 7) is 3.91. The van der Waals surface area contributed by atoms with Gasteiger partial charge in [-0.05, 0) is 50.1 Å². The highest BCUT2D eigenvalue weighted by molar-refractivity contribution is 7.20. The molecule has 4 rings (SSSR count). The molecule has 2 N–H and O–H groups in total. The van der Waals surface area contributed by atoms with Gasteiger partial charge in [0.1, 0.15) is 5.75 Å². The molecule has 2 heterocycles. The molecule has 0 aliphatic rings. The van der Waals surface area contributed by atoms with E-state index in [0.29, 0.717) is 34.4 Å². The van der Waals surface area contributed by atoms with E-state index in [1.54, 1.807) is 31.4 Å². The number of carbonyl (C=O) groups is 2. The molecule has 7 nitrogen and oxygen atoms in total. The van der Waals surface area contributed by atoms with Crippen molar-refractivity contribution in [3.8, 4) is 16.3 Å². The number of aryl methyl sites for hydroxylation is 3. The van der Waals surface area contributed by atoms with Crippen molar-refractivity contribution < 1.29 is 14.3 Å². The Morgan fingerprint density at radius 2 is 1.68 bits per heavy atom. The number of methoxy groups -OCH3 is 1. The first kappa shape index (κ1) is 23.6. The summed E-state index contributed by atoms with van der Waals surface area (Å²) in [4.78, 5) is 34.7. The number of nitrogens with zero attached hydrogens (tertiary/aromatic N) is 2. The zero-order valence-corrected chi connectivity index (χ0v) is 20.7. The van der Waals surface area contributed by atoms with E-state index in [2.05, 4.69) is 20.6 Å². The number of hydrogen-bond acceptors (Lipinski definition) is 7. The monoisotopic (exact) mass is 492 g/mol. The molecular formula is C25H24N4O3S2. The first-order valence-corrected chi connectivity index (χ1v) is 12.3. The zero-order valence-electron chi connectivity index (χ0n) is 19.0. The molecule has 0 atom stereocenters. The number of anilines is 2. The molecule has 0 unspecified atom stereocenters. The standard InChI is InChI=1S/C25H24N4O3S2/c1-15-4-6-17(7-5-15)8-13-21(30)28-24-27-20(14-33-24)22-16(2)26-25(34-22)29-23(31)18-9-11-19(32-3)12-10-18/h4-7,9-12,14H,8,13H2,1-3H3,(H,26,29,31)(H,27,28,30). The van der Waals surface area contributed by atoms with Gasteiger partial charge in [0, 0.05) is 17.4 Å². The second-order valence-corrected chi connectivity index (χ2v) is 9.55. The lowest BCUT2D eigenvalue weighted by molar-refractivity contribution is -0.116. The topological polar surface area (TPSA) is 93.2 Å². The van der Waals surface area contributed by atoms with Crippen molar-refractivity contribution in [2.45, 2.75) is 26.7 Å². The van der Waals surface area contributed by atoms with Crippen LogP contribution in [0.15, 0.2) is 53.9 Å². The number of carbonyl (C=O) groups excluding carboxylic acids is 2. The third-order valence-corrected chi connectivity index (χ3v) is 6.97. The summed E-state index contributed by atoms with van der Waals surface area (Å²) in [6, 6.07) is 15.0. The summed E-state index contributed by atoms with van der Waals surface area (Å²) >= 11 is 2.71. The summed E-state index contributed by atoms with van der Waals surface area (Å²) in [7, 11) is 1.58. The van der Waals surface area contributed by atoms with Gasteiger partial charge in [0.15, 0.2) is 10.3 Å². The molecule has 0 saturated carbocycles. The van der Waals surface area contributed by atoms with Crippen LogP contribution in [-0.2, 0) is 11.2 Å². The summed E-state index contributed by atoms with van der Waals surface area (Å²) in [5.41, 5.74) is 4.33. The maximum atomic E-state index is 12.5. The maximum Gasteiger partial charge on any atom is 0.257 e. The van der Waals surface area contributed by atoms with Crippen LogP contribution in [0.2, 0.25) is 0 Å². The first-order chi connectivity index (χ1) is 16.4. The van der Waals surface area contributed by atoms with Gasteiger partial charge in [-0.25, -0.2) is 9.97 Å². The van der Waals surface area contributed by atoms with Gasteiger partial charge in [0.25, 0.3) is 5.91 Å². The van der Waals surface area contributed by atoms with E-state index < -0.39 is 0 Å². The van der Waals surface area contributed by atoms with E-state index in [0.717, 1.165) is 21.8 Å². The molecule has 4 aromatic rings. The Balaban J connectivity index is 1.36. The number of hydrogen-bond donors (Lipinski definition) is 2. The van der Waals surface area contributed by atoms with Crippen LogP contribution in [0.25, 0.3) is 10.6 Å². The van der Waals surface area contributed by atoms with Crippen molar-refractivity contribution >= 4 is 44.8 Å². The minimum Gasteiger partial charge on any atom is -0.497 e. The van der Waals surface area contributed by atoms with Gasteiger partial charge in [0.2, 0.25) is 5.91 Å². The highest BCUT2D eigenvalue weighted by Crippen LogP contribution is 2.34. The van der Waals surface area contributed by atoms with Gasteiger partial charge >= 0.3 is 0 Å². The summed E-state index contributed by atoms with van der Waals surface area (Å²) in [5.74, 6) is 0.364. The highest BCUT2D eigenvalue weighted by Gasteiger charge is 2.16. The van der Waals surface area contributed by atoms with Gasteiger partial charge in [-0.2, -0.15) is 0 Å². The van der Waals surface area contributed by atoms with Crippen LogP contribution in [0, 0.1) is 13.8 Å². The quantitative estimate of drug-likeness (QED) is 0.328. The lowest BCUT2D eigenvalue weighted by Crippen LogP contribution is -2.12. The van der Waals surface area contributed by atoms with E-state index in [4.69, 9.17) is 4.74 Å². The average Bonchev–Trinajstić information content (AvgIpc) is 3.44. The second kappa shape index (κ2) is 10.6. The first-order valence-electron chi connectivity index (χ1n) is 10.7. The molecule has 0 spiro atoms. The second-order valence-electron chi connectivity index (χ2n) is 7.69. The maximum absolute atomic E-state index is 12.5. The fourth-order valence-electron chi connectivity index (χ4n) is 3.23. The molecule has 2 aromatic carbocycles. The van der Waals surface area contributed by atoms with Crippen LogP contribution in [0.5, 0.6) is 5.75 Å². The van der Waals surface area contributed by atoms with E-state index in [9.17, 15) is 9.59 Å². The third kappa shape index (κ3) is 5.86. The Morgan fingerprint density at radius 3 is 2.38 bits per heavy atom. The normalized spacial score (nSPS) is 10.7. The predicted octanol–water partition coefficient (Wildman–Crippen LogP) is 5.72. The molecule has 174 valence electrons. The summed E-state index contributed by atoms with van der Waals surface area (Å²) in [5, 5.41) is 8.62. The predicted molar refractivity (Wildman–Crippen MR) is 137 cm³/mol. The molecule has 2 aromatic heterocycles. The Labute approximate surface area is 205 Å². The number of aromatic nitrogens is 2.